The Bertz CT molecular complexity index is 1030. The molecule has 0 saturated carbocycles. The van der Waals surface area contributed by atoms with Gasteiger partial charge >= 0.3 is 0 Å². The molecule has 0 radical (unpaired) electrons. The first-order chi connectivity index (χ1) is 15.2. The lowest BCUT2D eigenvalue weighted by Crippen LogP contribution is -2.24. The molecule has 158 valence electrons. The van der Waals surface area contributed by atoms with Crippen molar-refractivity contribution in [3.05, 3.63) is 84.8 Å². The molecule has 2 aliphatic rings. The molecule has 0 spiro atoms. The molecule has 0 fully saturated rings. The van der Waals surface area contributed by atoms with Crippen LogP contribution in [0.4, 0.5) is 11.4 Å². The fourth-order valence-corrected chi connectivity index (χ4v) is 2.93. The molecule has 1 aromatic rings. The van der Waals surface area contributed by atoms with Gasteiger partial charge in [-0.1, -0.05) is 43.0 Å². The second kappa shape index (κ2) is 11.3. The minimum Gasteiger partial charge on any atom is -0.397 e. The molecular formula is C24H26N6O. The van der Waals surface area contributed by atoms with Gasteiger partial charge < -0.3 is 16.4 Å². The van der Waals surface area contributed by atoms with Crippen molar-refractivity contribution in [3.8, 4) is 0 Å². The number of anilines is 2. The van der Waals surface area contributed by atoms with Crippen molar-refractivity contribution < 1.29 is 4.79 Å². The molecule has 4 N–H and O–H groups in total. The zero-order chi connectivity index (χ0) is 21.9. The monoisotopic (exact) mass is 414 g/mol. The number of nitrogens with zero attached hydrogens (tertiary/aromatic N) is 3. The van der Waals surface area contributed by atoms with E-state index in [-0.39, 0.29) is 11.8 Å². The first kappa shape index (κ1) is 21.7. The molecule has 31 heavy (non-hydrogen) atoms. The lowest BCUT2D eigenvalue weighted by Gasteiger charge is -2.09. The molecule has 1 heterocycles. The van der Waals surface area contributed by atoms with Crippen molar-refractivity contribution in [3.63, 3.8) is 0 Å². The molecule has 0 bridgehead atoms. The van der Waals surface area contributed by atoms with Crippen LogP contribution in [0.5, 0.6) is 0 Å². The molecule has 1 aromatic carbocycles. The summed E-state index contributed by atoms with van der Waals surface area (Å²) in [7, 11) is 0. The fourth-order valence-electron chi connectivity index (χ4n) is 2.93. The molecule has 0 saturated heterocycles. The highest BCUT2D eigenvalue weighted by Gasteiger charge is 2.10. The Balaban J connectivity index is 1.60. The van der Waals surface area contributed by atoms with Gasteiger partial charge in [0.05, 0.1) is 11.4 Å². The molecule has 1 unspecified atom stereocenters. The smallest absolute Gasteiger partial charge is 0.255 e. The molecule has 1 aliphatic heterocycles. The minimum absolute atomic E-state index is 0.157. The third kappa shape index (κ3) is 6.78. The number of aliphatic imine (C=N–C) groups is 3. The van der Waals surface area contributed by atoms with Crippen molar-refractivity contribution in [2.45, 2.75) is 12.8 Å². The molecular weight excluding hydrogens is 388 g/mol. The van der Waals surface area contributed by atoms with E-state index >= 15 is 0 Å². The Morgan fingerprint density at radius 1 is 1.29 bits per heavy atom. The van der Waals surface area contributed by atoms with Gasteiger partial charge in [0.2, 0.25) is 5.96 Å². The van der Waals surface area contributed by atoms with Gasteiger partial charge in [0.25, 0.3) is 5.91 Å². The van der Waals surface area contributed by atoms with Crippen molar-refractivity contribution in [1.29, 1.82) is 0 Å². The van der Waals surface area contributed by atoms with Gasteiger partial charge in [-0.2, -0.15) is 0 Å². The van der Waals surface area contributed by atoms with Crippen molar-refractivity contribution in [2.24, 2.45) is 20.9 Å². The lowest BCUT2D eigenvalue weighted by atomic mass is 10.1. The number of amides is 1. The third-order valence-corrected chi connectivity index (χ3v) is 4.60. The zero-order valence-corrected chi connectivity index (χ0v) is 17.2. The Hall–Kier alpha value is -4.00. The normalized spacial score (nSPS) is 18.3. The second-order valence-corrected chi connectivity index (χ2v) is 6.94. The number of hydrogen-bond donors (Lipinski definition) is 3. The number of nitrogens with two attached hydrogens (primary N) is 1. The van der Waals surface area contributed by atoms with E-state index in [0.717, 1.165) is 12.0 Å². The summed E-state index contributed by atoms with van der Waals surface area (Å²) in [6, 6.07) is 7.18. The van der Waals surface area contributed by atoms with Gasteiger partial charge in [0.1, 0.15) is 0 Å². The highest BCUT2D eigenvalue weighted by molar-refractivity contribution is 6.07. The van der Waals surface area contributed by atoms with E-state index in [1.807, 2.05) is 48.9 Å². The number of nitrogen functional groups attached to an aromatic ring is 1. The Morgan fingerprint density at radius 2 is 2.16 bits per heavy atom. The Morgan fingerprint density at radius 3 is 2.94 bits per heavy atom. The maximum atomic E-state index is 12.6. The zero-order valence-electron chi connectivity index (χ0n) is 17.2. The Kier molecular flexibility index (Phi) is 7.88. The van der Waals surface area contributed by atoms with Gasteiger partial charge in [-0.15, -0.1) is 0 Å². The van der Waals surface area contributed by atoms with Gasteiger partial charge in [0.15, 0.2) is 0 Å². The van der Waals surface area contributed by atoms with E-state index in [0.29, 0.717) is 35.9 Å². The second-order valence-electron chi connectivity index (χ2n) is 6.94. The predicted octanol–water partition coefficient (Wildman–Crippen LogP) is 3.78. The number of hydrogen-bond acceptors (Lipinski definition) is 4. The maximum absolute atomic E-state index is 12.6. The number of benzene rings is 1. The number of nitrogens with one attached hydrogen (secondary N) is 2. The van der Waals surface area contributed by atoms with E-state index in [4.69, 9.17) is 5.73 Å². The summed E-state index contributed by atoms with van der Waals surface area (Å²) in [6.07, 6.45) is 18.0. The summed E-state index contributed by atoms with van der Waals surface area (Å²) >= 11 is 0. The number of carbonyl (C=O) groups excluding carboxylic acids is 1. The van der Waals surface area contributed by atoms with Crippen molar-refractivity contribution >= 4 is 35.7 Å². The molecule has 1 aliphatic carbocycles. The number of guanidine groups is 1. The summed E-state index contributed by atoms with van der Waals surface area (Å²) in [5.74, 6) is 0.430. The quantitative estimate of drug-likeness (QED) is 0.375. The summed E-state index contributed by atoms with van der Waals surface area (Å²) in [5, 5.41) is 6.06. The van der Waals surface area contributed by atoms with Crippen LogP contribution in [-0.4, -0.2) is 30.8 Å². The summed E-state index contributed by atoms with van der Waals surface area (Å²) in [4.78, 5) is 25.3. The summed E-state index contributed by atoms with van der Waals surface area (Å²) in [6.45, 7) is 4.19. The number of para-hydroxylation sites is 2. The largest absolute Gasteiger partial charge is 0.397 e. The van der Waals surface area contributed by atoms with E-state index in [1.165, 1.54) is 6.20 Å². The van der Waals surface area contributed by atoms with Gasteiger partial charge in [-0.25, -0.2) is 9.98 Å². The fraction of sp³-hybridized carbons (Fsp3) is 0.167. The molecule has 0 aromatic heterocycles. The maximum Gasteiger partial charge on any atom is 0.255 e. The van der Waals surface area contributed by atoms with Crippen molar-refractivity contribution in [1.82, 2.24) is 5.32 Å². The molecule has 3 rings (SSSR count). The van der Waals surface area contributed by atoms with Crippen LogP contribution in [0.3, 0.4) is 0 Å². The SMILES string of the molecule is C=C/N=C(\N=C\C1C=NC=CC1)NCC1=CC=C(C(=O)Nc2ccccc2N)C=CC1. The highest BCUT2D eigenvalue weighted by atomic mass is 16.1. The predicted molar refractivity (Wildman–Crippen MR) is 129 cm³/mol. The number of carbonyl (C=O) groups is 1. The lowest BCUT2D eigenvalue weighted by molar-refractivity contribution is -0.112. The van der Waals surface area contributed by atoms with Gasteiger partial charge in [0, 0.05) is 42.9 Å². The standard InChI is InChI=1S/C24H26N6O/c1-2-27-24(29-17-19-8-6-14-26-15-19)28-16-18-7-5-9-20(13-12-18)23(31)30-22-11-4-3-10-21(22)25/h2-6,9-15,17,19H,1,7-8,16,25H2,(H,27,28)(H,30,31)/b29-17+. The van der Waals surface area contributed by atoms with Crippen LogP contribution in [0.25, 0.3) is 0 Å². The minimum atomic E-state index is -0.207. The molecule has 7 nitrogen and oxygen atoms in total. The van der Waals surface area contributed by atoms with Crippen LogP contribution in [0, 0.1) is 5.92 Å². The molecule has 1 amide bonds. The summed E-state index contributed by atoms with van der Waals surface area (Å²) in [5.41, 5.74) is 8.67. The van der Waals surface area contributed by atoms with Crippen LogP contribution in [0.1, 0.15) is 12.8 Å². The van der Waals surface area contributed by atoms with E-state index < -0.39 is 0 Å². The van der Waals surface area contributed by atoms with Crippen LogP contribution >= 0.6 is 0 Å². The first-order valence-electron chi connectivity index (χ1n) is 10.0. The number of allylic oxidation sites excluding steroid dienone is 4. The molecule has 7 heteroatoms. The third-order valence-electron chi connectivity index (χ3n) is 4.60. The van der Waals surface area contributed by atoms with Gasteiger partial charge in [-0.05, 0) is 36.6 Å². The van der Waals surface area contributed by atoms with Crippen LogP contribution in [0.15, 0.2) is 99.7 Å². The van der Waals surface area contributed by atoms with Crippen molar-refractivity contribution in [2.75, 3.05) is 17.6 Å². The average Bonchev–Trinajstić information content (AvgIpc) is 3.04. The summed E-state index contributed by atoms with van der Waals surface area (Å²) < 4.78 is 0. The highest BCUT2D eigenvalue weighted by Crippen LogP contribution is 2.19. The Labute approximate surface area is 182 Å². The van der Waals surface area contributed by atoms with E-state index in [9.17, 15) is 4.79 Å². The van der Waals surface area contributed by atoms with Crippen LogP contribution in [0.2, 0.25) is 0 Å². The molecule has 1 atom stereocenters. The van der Waals surface area contributed by atoms with Crippen LogP contribution < -0.4 is 16.4 Å². The van der Waals surface area contributed by atoms with E-state index in [1.54, 1.807) is 24.4 Å². The number of rotatable bonds is 6. The average molecular weight is 415 g/mol. The van der Waals surface area contributed by atoms with Gasteiger partial charge in [-0.3, -0.25) is 9.79 Å². The topological polar surface area (TPSA) is 104 Å². The first-order valence-corrected chi connectivity index (χ1v) is 10.0. The van der Waals surface area contributed by atoms with Crippen LogP contribution in [-0.2, 0) is 4.79 Å². The van der Waals surface area contributed by atoms with E-state index in [2.05, 4.69) is 32.2 Å².